The molecule has 0 unspecified atom stereocenters. The Morgan fingerprint density at radius 1 is 1.38 bits per heavy atom. The lowest BCUT2D eigenvalue weighted by atomic mass is 10.1. The minimum Gasteiger partial charge on any atom is -0.335 e. The first-order valence-electron chi connectivity index (χ1n) is 4.59. The van der Waals surface area contributed by atoms with E-state index < -0.39 is 0 Å². The molecule has 0 amide bonds. The van der Waals surface area contributed by atoms with Crippen molar-refractivity contribution in [3.8, 4) is 11.3 Å². The molecule has 0 saturated heterocycles. The van der Waals surface area contributed by atoms with Crippen LogP contribution in [-0.4, -0.2) is 9.97 Å². The highest BCUT2D eigenvalue weighted by Gasteiger charge is 2.07. The van der Waals surface area contributed by atoms with E-state index >= 15 is 0 Å². The summed E-state index contributed by atoms with van der Waals surface area (Å²) in [5.74, 6) is -0.310. The standard InChI is InChI=1S/C11H8BrFN2S/c1-6-4-10(15-11(16)14-6)8-5-7(12)2-3-9(8)13/h2-5H,1H3,(H,14,15,16). The van der Waals surface area contributed by atoms with E-state index in [0.717, 1.165) is 10.2 Å². The molecule has 0 fully saturated rings. The highest BCUT2D eigenvalue weighted by Crippen LogP contribution is 2.24. The molecular formula is C11H8BrFN2S. The molecule has 1 aromatic carbocycles. The molecule has 0 radical (unpaired) electrons. The summed E-state index contributed by atoms with van der Waals surface area (Å²) in [4.78, 5) is 6.99. The van der Waals surface area contributed by atoms with Crippen LogP contribution in [0.3, 0.4) is 0 Å². The van der Waals surface area contributed by atoms with E-state index in [2.05, 4.69) is 25.9 Å². The van der Waals surface area contributed by atoms with Gasteiger partial charge in [-0.05, 0) is 43.4 Å². The minimum absolute atomic E-state index is 0.310. The first-order chi connectivity index (χ1) is 7.56. The van der Waals surface area contributed by atoms with Gasteiger partial charge in [-0.25, -0.2) is 9.37 Å². The van der Waals surface area contributed by atoms with E-state index in [9.17, 15) is 4.39 Å². The molecule has 82 valence electrons. The molecule has 1 N–H and O–H groups in total. The Morgan fingerprint density at radius 2 is 2.12 bits per heavy atom. The Morgan fingerprint density at radius 3 is 2.81 bits per heavy atom. The van der Waals surface area contributed by atoms with Crippen LogP contribution in [0.2, 0.25) is 0 Å². The summed E-state index contributed by atoms with van der Waals surface area (Å²) in [5, 5.41) is 0. The van der Waals surface area contributed by atoms with Crippen molar-refractivity contribution in [1.82, 2.24) is 9.97 Å². The Hall–Kier alpha value is -1.07. The summed E-state index contributed by atoms with van der Waals surface area (Å²) < 4.78 is 14.8. The molecule has 0 aliphatic heterocycles. The average molecular weight is 299 g/mol. The smallest absolute Gasteiger partial charge is 0.197 e. The second kappa shape index (κ2) is 4.43. The Balaban J connectivity index is 2.66. The zero-order valence-corrected chi connectivity index (χ0v) is 10.8. The fourth-order valence-corrected chi connectivity index (χ4v) is 2.03. The lowest BCUT2D eigenvalue weighted by Gasteiger charge is -2.04. The van der Waals surface area contributed by atoms with Gasteiger partial charge in [-0.3, -0.25) is 0 Å². The number of nitrogens with zero attached hydrogens (tertiary/aromatic N) is 1. The van der Waals surface area contributed by atoms with Crippen LogP contribution in [0, 0.1) is 17.5 Å². The molecule has 2 nitrogen and oxygen atoms in total. The average Bonchev–Trinajstić information content (AvgIpc) is 2.20. The van der Waals surface area contributed by atoms with Gasteiger partial charge in [0.05, 0.1) is 5.69 Å². The number of aromatic amines is 1. The molecule has 0 saturated carbocycles. The maximum Gasteiger partial charge on any atom is 0.197 e. The summed E-state index contributed by atoms with van der Waals surface area (Å²) in [6.07, 6.45) is 0. The van der Waals surface area contributed by atoms with E-state index in [-0.39, 0.29) is 5.82 Å². The normalized spacial score (nSPS) is 10.4. The Labute approximate surface area is 106 Å². The molecule has 0 aliphatic rings. The van der Waals surface area contributed by atoms with Gasteiger partial charge in [-0.1, -0.05) is 15.9 Å². The fraction of sp³-hybridized carbons (Fsp3) is 0.0909. The molecule has 1 aromatic heterocycles. The summed E-state index contributed by atoms with van der Waals surface area (Å²) in [5.41, 5.74) is 1.84. The molecule has 2 aromatic rings. The van der Waals surface area contributed by atoms with Crippen molar-refractivity contribution in [3.63, 3.8) is 0 Å². The van der Waals surface area contributed by atoms with Crippen molar-refractivity contribution in [2.45, 2.75) is 6.92 Å². The minimum atomic E-state index is -0.310. The van der Waals surface area contributed by atoms with Gasteiger partial charge in [0.1, 0.15) is 5.82 Å². The summed E-state index contributed by atoms with van der Waals surface area (Å²) in [6, 6.07) is 6.50. The van der Waals surface area contributed by atoms with Crippen molar-refractivity contribution in [3.05, 3.63) is 45.0 Å². The maximum absolute atomic E-state index is 13.6. The fourth-order valence-electron chi connectivity index (χ4n) is 1.41. The third kappa shape index (κ3) is 2.36. The molecule has 0 atom stereocenters. The van der Waals surface area contributed by atoms with Crippen molar-refractivity contribution in [2.75, 3.05) is 0 Å². The number of hydrogen-bond donors (Lipinski definition) is 1. The lowest BCUT2D eigenvalue weighted by molar-refractivity contribution is 0.630. The number of nitrogens with one attached hydrogen (secondary N) is 1. The van der Waals surface area contributed by atoms with E-state index in [4.69, 9.17) is 12.2 Å². The van der Waals surface area contributed by atoms with Crippen molar-refractivity contribution in [2.24, 2.45) is 0 Å². The van der Waals surface area contributed by atoms with Gasteiger partial charge in [0.15, 0.2) is 4.77 Å². The summed E-state index contributed by atoms with van der Waals surface area (Å²) in [6.45, 7) is 1.86. The lowest BCUT2D eigenvalue weighted by Crippen LogP contribution is -1.92. The van der Waals surface area contributed by atoms with Gasteiger partial charge in [0.2, 0.25) is 0 Å². The van der Waals surface area contributed by atoms with Crippen LogP contribution in [0.15, 0.2) is 28.7 Å². The largest absolute Gasteiger partial charge is 0.335 e. The van der Waals surface area contributed by atoms with Crippen molar-refractivity contribution >= 4 is 28.1 Å². The first kappa shape index (κ1) is 11.4. The maximum atomic E-state index is 13.6. The number of hydrogen-bond acceptors (Lipinski definition) is 2. The zero-order valence-electron chi connectivity index (χ0n) is 8.42. The van der Waals surface area contributed by atoms with Crippen LogP contribution in [-0.2, 0) is 0 Å². The third-order valence-electron chi connectivity index (χ3n) is 2.08. The number of H-pyrrole nitrogens is 1. The molecule has 0 spiro atoms. The van der Waals surface area contributed by atoms with Crippen LogP contribution >= 0.6 is 28.1 Å². The molecular weight excluding hydrogens is 291 g/mol. The quantitative estimate of drug-likeness (QED) is 0.806. The highest BCUT2D eigenvalue weighted by molar-refractivity contribution is 9.10. The van der Waals surface area contributed by atoms with Gasteiger partial charge in [0.25, 0.3) is 0 Å². The summed E-state index contributed by atoms with van der Waals surface area (Å²) in [7, 11) is 0. The van der Waals surface area contributed by atoms with E-state index in [1.54, 1.807) is 18.2 Å². The van der Waals surface area contributed by atoms with Gasteiger partial charge in [-0.15, -0.1) is 0 Å². The van der Waals surface area contributed by atoms with Crippen LogP contribution in [0.1, 0.15) is 5.69 Å². The second-order valence-corrected chi connectivity index (χ2v) is 4.68. The monoisotopic (exact) mass is 298 g/mol. The number of rotatable bonds is 1. The topological polar surface area (TPSA) is 28.7 Å². The van der Waals surface area contributed by atoms with E-state index in [1.165, 1.54) is 6.07 Å². The summed E-state index contributed by atoms with van der Waals surface area (Å²) >= 11 is 8.26. The van der Waals surface area contributed by atoms with Crippen molar-refractivity contribution < 1.29 is 4.39 Å². The number of halogens is 2. The molecule has 0 bridgehead atoms. The third-order valence-corrected chi connectivity index (χ3v) is 2.77. The predicted octanol–water partition coefficient (Wildman–Crippen LogP) is 4.02. The molecule has 2 rings (SSSR count). The van der Waals surface area contributed by atoms with Crippen LogP contribution in [0.25, 0.3) is 11.3 Å². The van der Waals surface area contributed by atoms with Gasteiger partial charge < -0.3 is 4.98 Å². The SMILES string of the molecule is Cc1cc(-c2cc(Br)ccc2F)nc(=S)[nH]1. The Kier molecular flexibility index (Phi) is 3.16. The van der Waals surface area contributed by atoms with Gasteiger partial charge in [-0.2, -0.15) is 0 Å². The number of aryl methyl sites for hydroxylation is 1. The van der Waals surface area contributed by atoms with E-state index in [1.807, 2.05) is 6.92 Å². The molecule has 16 heavy (non-hydrogen) atoms. The van der Waals surface area contributed by atoms with E-state index in [0.29, 0.717) is 16.0 Å². The zero-order chi connectivity index (χ0) is 11.7. The van der Waals surface area contributed by atoms with Gasteiger partial charge >= 0.3 is 0 Å². The molecule has 1 heterocycles. The second-order valence-electron chi connectivity index (χ2n) is 3.38. The van der Waals surface area contributed by atoms with Crippen molar-refractivity contribution in [1.29, 1.82) is 0 Å². The first-order valence-corrected chi connectivity index (χ1v) is 5.80. The predicted molar refractivity (Wildman–Crippen MR) is 67.3 cm³/mol. The van der Waals surface area contributed by atoms with Crippen LogP contribution < -0.4 is 0 Å². The highest BCUT2D eigenvalue weighted by atomic mass is 79.9. The van der Waals surface area contributed by atoms with Crippen LogP contribution in [0.4, 0.5) is 4.39 Å². The molecule has 5 heteroatoms. The number of aromatic nitrogens is 2. The van der Waals surface area contributed by atoms with Gasteiger partial charge in [0, 0.05) is 15.7 Å². The Bertz CT molecular complexity index is 595. The van der Waals surface area contributed by atoms with Crippen LogP contribution in [0.5, 0.6) is 0 Å². The molecule has 0 aliphatic carbocycles. The number of benzene rings is 1.